The van der Waals surface area contributed by atoms with Crippen LogP contribution in [0.3, 0.4) is 0 Å². The summed E-state index contributed by atoms with van der Waals surface area (Å²) in [6.45, 7) is 0.785. The van der Waals surface area contributed by atoms with E-state index in [1.165, 1.54) is 23.5 Å². The molecule has 0 radical (unpaired) electrons. The normalized spacial score (nSPS) is 15.5. The molecule has 0 atom stereocenters. The van der Waals surface area contributed by atoms with Crippen molar-refractivity contribution in [2.24, 2.45) is 0 Å². The number of aliphatic hydroxyl groups excluding tert-OH is 1. The van der Waals surface area contributed by atoms with Crippen molar-refractivity contribution in [3.05, 3.63) is 36.5 Å². The lowest BCUT2D eigenvalue weighted by molar-refractivity contribution is 0.00586. The number of amides is 1. The van der Waals surface area contributed by atoms with E-state index in [1.54, 1.807) is 17.0 Å². The number of β-amino-alcohol motifs (C(OH)–C–C–N with tert-alkyl or cyclic N) is 1. The van der Waals surface area contributed by atoms with Crippen LogP contribution in [-0.4, -0.2) is 54.9 Å². The molecular formula is C11H11N5O2. The van der Waals surface area contributed by atoms with Crippen molar-refractivity contribution in [3.63, 3.8) is 0 Å². The van der Waals surface area contributed by atoms with E-state index in [9.17, 15) is 4.79 Å². The third-order valence-electron chi connectivity index (χ3n) is 2.80. The Morgan fingerprint density at radius 2 is 2.22 bits per heavy atom. The van der Waals surface area contributed by atoms with Gasteiger partial charge in [0.15, 0.2) is 5.82 Å². The number of nitrogens with zero attached hydrogens (tertiary/aromatic N) is 5. The van der Waals surface area contributed by atoms with E-state index in [1.807, 2.05) is 0 Å². The molecule has 7 nitrogen and oxygen atoms in total. The van der Waals surface area contributed by atoms with Gasteiger partial charge in [-0.2, -0.15) is 5.10 Å². The lowest BCUT2D eigenvalue weighted by Crippen LogP contribution is -2.53. The largest absolute Gasteiger partial charge is 0.389 e. The summed E-state index contributed by atoms with van der Waals surface area (Å²) in [5, 5.41) is 13.1. The number of aliphatic hydroxyl groups is 1. The Labute approximate surface area is 103 Å². The van der Waals surface area contributed by atoms with Crippen LogP contribution in [0.15, 0.2) is 31.0 Å². The van der Waals surface area contributed by atoms with Crippen LogP contribution in [0.25, 0.3) is 5.82 Å². The zero-order valence-corrected chi connectivity index (χ0v) is 9.47. The monoisotopic (exact) mass is 245 g/mol. The Hall–Kier alpha value is -2.28. The molecule has 1 fully saturated rings. The Kier molecular flexibility index (Phi) is 2.52. The van der Waals surface area contributed by atoms with Gasteiger partial charge in [-0.1, -0.05) is 0 Å². The summed E-state index contributed by atoms with van der Waals surface area (Å²) in [6, 6.07) is 3.40. The molecule has 7 heteroatoms. The van der Waals surface area contributed by atoms with Gasteiger partial charge >= 0.3 is 0 Å². The summed E-state index contributed by atoms with van der Waals surface area (Å²) in [5.74, 6) is 0.491. The third-order valence-corrected chi connectivity index (χ3v) is 2.80. The van der Waals surface area contributed by atoms with Gasteiger partial charge in [-0.3, -0.25) is 4.79 Å². The molecule has 2 aromatic rings. The molecule has 0 aliphatic carbocycles. The van der Waals surface area contributed by atoms with Crippen LogP contribution in [-0.2, 0) is 0 Å². The number of rotatable bonds is 2. The molecule has 3 rings (SSSR count). The number of hydrogen-bond donors (Lipinski definition) is 1. The van der Waals surface area contributed by atoms with E-state index in [0.29, 0.717) is 24.5 Å². The highest BCUT2D eigenvalue weighted by Crippen LogP contribution is 2.13. The number of likely N-dealkylation sites (tertiary alicyclic amines) is 1. The summed E-state index contributed by atoms with van der Waals surface area (Å²) in [4.78, 5) is 21.5. The van der Waals surface area contributed by atoms with Crippen LogP contribution in [0.2, 0.25) is 0 Å². The first-order valence-electron chi connectivity index (χ1n) is 5.52. The molecule has 92 valence electrons. The maximum atomic E-state index is 11.9. The smallest absolute Gasteiger partial charge is 0.255 e. The fourth-order valence-corrected chi connectivity index (χ4v) is 1.78. The van der Waals surface area contributed by atoms with Crippen molar-refractivity contribution in [3.8, 4) is 5.82 Å². The standard InChI is InChI=1S/C11H11N5O2/c17-9-4-15(5-9)11(18)8-1-2-10(13-3-8)16-7-12-6-14-16/h1-3,6-7,9,17H,4-5H2. The molecule has 1 saturated heterocycles. The minimum atomic E-state index is -0.392. The number of pyridine rings is 1. The Morgan fingerprint density at radius 3 is 2.78 bits per heavy atom. The van der Waals surface area contributed by atoms with E-state index in [-0.39, 0.29) is 5.91 Å². The number of carbonyl (C=O) groups excluding carboxylic acids is 1. The van der Waals surface area contributed by atoms with Gasteiger partial charge in [0.2, 0.25) is 0 Å². The highest BCUT2D eigenvalue weighted by Gasteiger charge is 2.29. The van der Waals surface area contributed by atoms with Gasteiger partial charge in [0, 0.05) is 19.3 Å². The zero-order valence-electron chi connectivity index (χ0n) is 9.47. The molecule has 0 spiro atoms. The summed E-state index contributed by atoms with van der Waals surface area (Å²) in [5.41, 5.74) is 0.505. The van der Waals surface area contributed by atoms with Crippen LogP contribution in [0.1, 0.15) is 10.4 Å². The van der Waals surface area contributed by atoms with Gasteiger partial charge in [0.1, 0.15) is 12.7 Å². The molecular weight excluding hydrogens is 234 g/mol. The highest BCUT2D eigenvalue weighted by molar-refractivity contribution is 5.94. The molecule has 3 heterocycles. The minimum Gasteiger partial charge on any atom is -0.389 e. The maximum absolute atomic E-state index is 11.9. The van der Waals surface area contributed by atoms with Crippen LogP contribution in [0, 0.1) is 0 Å². The first kappa shape index (κ1) is 10.8. The topological polar surface area (TPSA) is 84.1 Å². The molecule has 1 aliphatic rings. The Balaban J connectivity index is 1.77. The molecule has 1 aliphatic heterocycles. The van der Waals surface area contributed by atoms with Crippen LogP contribution in [0.5, 0.6) is 0 Å². The van der Waals surface area contributed by atoms with Gasteiger partial charge in [0.05, 0.1) is 11.7 Å². The minimum absolute atomic E-state index is 0.113. The number of carbonyl (C=O) groups is 1. The van der Waals surface area contributed by atoms with Gasteiger partial charge in [0.25, 0.3) is 5.91 Å². The second-order valence-electron chi connectivity index (χ2n) is 4.11. The first-order valence-corrected chi connectivity index (χ1v) is 5.52. The second kappa shape index (κ2) is 4.19. The van der Waals surface area contributed by atoms with Gasteiger partial charge in [-0.05, 0) is 12.1 Å². The van der Waals surface area contributed by atoms with Crippen LogP contribution in [0.4, 0.5) is 0 Å². The van der Waals surface area contributed by atoms with Crippen molar-refractivity contribution < 1.29 is 9.90 Å². The molecule has 0 unspecified atom stereocenters. The zero-order chi connectivity index (χ0) is 12.5. The molecule has 1 amide bonds. The van der Waals surface area contributed by atoms with Gasteiger partial charge in [-0.15, -0.1) is 0 Å². The summed E-state index contributed by atoms with van der Waals surface area (Å²) >= 11 is 0. The van der Waals surface area contributed by atoms with Gasteiger partial charge < -0.3 is 10.0 Å². The predicted molar refractivity (Wildman–Crippen MR) is 61.1 cm³/mol. The Morgan fingerprint density at radius 1 is 1.39 bits per heavy atom. The Bertz CT molecular complexity index is 545. The van der Waals surface area contributed by atoms with Crippen molar-refractivity contribution in [2.45, 2.75) is 6.10 Å². The fourth-order valence-electron chi connectivity index (χ4n) is 1.78. The second-order valence-corrected chi connectivity index (χ2v) is 4.11. The first-order chi connectivity index (χ1) is 8.74. The van der Waals surface area contributed by atoms with E-state index in [2.05, 4.69) is 15.1 Å². The number of hydrogen-bond acceptors (Lipinski definition) is 5. The van der Waals surface area contributed by atoms with Crippen molar-refractivity contribution in [1.29, 1.82) is 0 Å². The van der Waals surface area contributed by atoms with E-state index in [0.717, 1.165) is 0 Å². The molecule has 18 heavy (non-hydrogen) atoms. The molecule has 0 aromatic carbocycles. The van der Waals surface area contributed by atoms with E-state index in [4.69, 9.17) is 5.11 Å². The average Bonchev–Trinajstić information content (AvgIpc) is 2.88. The van der Waals surface area contributed by atoms with Crippen molar-refractivity contribution in [1.82, 2.24) is 24.6 Å². The number of aromatic nitrogens is 4. The highest BCUT2D eigenvalue weighted by atomic mass is 16.3. The molecule has 1 N–H and O–H groups in total. The predicted octanol–water partition coefficient (Wildman–Crippen LogP) is -0.521. The van der Waals surface area contributed by atoms with Crippen molar-refractivity contribution in [2.75, 3.05) is 13.1 Å². The average molecular weight is 245 g/mol. The SMILES string of the molecule is O=C(c1ccc(-n2cncn2)nc1)N1CC(O)C1. The van der Waals surface area contributed by atoms with E-state index >= 15 is 0 Å². The quantitative estimate of drug-likeness (QED) is 0.769. The fraction of sp³-hybridized carbons (Fsp3) is 0.273. The summed E-state index contributed by atoms with van der Waals surface area (Å²) < 4.78 is 1.52. The van der Waals surface area contributed by atoms with Crippen LogP contribution < -0.4 is 0 Å². The van der Waals surface area contributed by atoms with Crippen LogP contribution >= 0.6 is 0 Å². The van der Waals surface area contributed by atoms with Crippen molar-refractivity contribution >= 4 is 5.91 Å². The van der Waals surface area contributed by atoms with E-state index < -0.39 is 6.10 Å². The maximum Gasteiger partial charge on any atom is 0.255 e. The molecule has 2 aromatic heterocycles. The molecule has 0 bridgehead atoms. The molecule has 0 saturated carbocycles. The summed E-state index contributed by atoms with van der Waals surface area (Å²) in [6.07, 6.45) is 4.07. The third kappa shape index (κ3) is 1.84. The summed E-state index contributed by atoms with van der Waals surface area (Å²) in [7, 11) is 0. The lowest BCUT2D eigenvalue weighted by atomic mass is 10.1. The van der Waals surface area contributed by atoms with Gasteiger partial charge in [-0.25, -0.2) is 14.6 Å². The lowest BCUT2D eigenvalue weighted by Gasteiger charge is -2.35.